The molecule has 1 fully saturated rings. The molecule has 0 bridgehead atoms. The lowest BCUT2D eigenvalue weighted by molar-refractivity contribution is 0.302. The Morgan fingerprint density at radius 3 is 2.17 bits per heavy atom. The number of hydrogen-bond donors (Lipinski definition) is 0. The van der Waals surface area contributed by atoms with Crippen LogP contribution in [-0.4, -0.2) is 0 Å². The molecule has 0 N–H and O–H groups in total. The zero-order valence-corrected chi connectivity index (χ0v) is 15.1. The largest absolute Gasteiger partial charge is 0.270 e. The van der Waals surface area contributed by atoms with Crippen molar-refractivity contribution in [3.05, 3.63) is 41.5 Å². The molecule has 0 saturated heterocycles. The van der Waals surface area contributed by atoms with Gasteiger partial charge in [-0.2, -0.15) is 8.78 Å². The van der Waals surface area contributed by atoms with E-state index in [1.54, 1.807) is 0 Å². The highest BCUT2D eigenvalue weighted by atomic mass is 19.3. The average molecular weight is 334 g/mol. The van der Waals surface area contributed by atoms with E-state index in [4.69, 9.17) is 0 Å². The monoisotopic (exact) mass is 334 g/mol. The molecule has 134 valence electrons. The molecule has 1 aromatic carbocycles. The van der Waals surface area contributed by atoms with Crippen molar-refractivity contribution in [2.75, 3.05) is 0 Å². The van der Waals surface area contributed by atoms with Gasteiger partial charge in [0.25, 0.3) is 6.08 Å². The summed E-state index contributed by atoms with van der Waals surface area (Å²) in [6.45, 7) is 2.27. The molecule has 1 aliphatic carbocycles. The molecule has 0 radical (unpaired) electrons. The Balaban J connectivity index is 1.68. The fourth-order valence-electron chi connectivity index (χ4n) is 3.99. The van der Waals surface area contributed by atoms with Crippen LogP contribution in [0.5, 0.6) is 0 Å². The third-order valence-electron chi connectivity index (χ3n) is 5.50. The van der Waals surface area contributed by atoms with Crippen LogP contribution in [0.3, 0.4) is 0 Å². The number of hydrogen-bond acceptors (Lipinski definition) is 0. The van der Waals surface area contributed by atoms with Gasteiger partial charge >= 0.3 is 0 Å². The highest BCUT2D eigenvalue weighted by molar-refractivity contribution is 5.50. The molecule has 1 aromatic rings. The van der Waals surface area contributed by atoms with Gasteiger partial charge in [0, 0.05) is 6.08 Å². The molecule has 0 unspecified atom stereocenters. The molecule has 0 atom stereocenters. The molecule has 0 aliphatic heterocycles. The van der Waals surface area contributed by atoms with E-state index in [1.807, 2.05) is 24.3 Å². The van der Waals surface area contributed by atoms with Crippen LogP contribution < -0.4 is 0 Å². The maximum Gasteiger partial charge on any atom is 0.270 e. The Kier molecular flexibility index (Phi) is 8.49. The molecule has 0 heterocycles. The Morgan fingerprint density at radius 1 is 0.917 bits per heavy atom. The summed E-state index contributed by atoms with van der Waals surface area (Å²) in [5, 5.41) is 0. The first-order valence-corrected chi connectivity index (χ1v) is 9.81. The van der Waals surface area contributed by atoms with Crippen molar-refractivity contribution in [1.82, 2.24) is 0 Å². The summed E-state index contributed by atoms with van der Waals surface area (Å²) in [6.07, 6.45) is 14.2. The van der Waals surface area contributed by atoms with E-state index in [0.717, 1.165) is 12.0 Å². The molecule has 0 amide bonds. The molecular formula is C22H32F2. The summed E-state index contributed by atoms with van der Waals surface area (Å²) in [4.78, 5) is 0. The lowest BCUT2D eigenvalue weighted by Crippen LogP contribution is -2.13. The maximum atomic E-state index is 12.3. The lowest BCUT2D eigenvalue weighted by atomic mass is 9.77. The highest BCUT2D eigenvalue weighted by Gasteiger charge is 2.21. The number of halogens is 2. The van der Waals surface area contributed by atoms with Gasteiger partial charge < -0.3 is 0 Å². The van der Waals surface area contributed by atoms with E-state index in [9.17, 15) is 8.78 Å². The van der Waals surface area contributed by atoms with Crippen molar-refractivity contribution in [3.63, 3.8) is 0 Å². The van der Waals surface area contributed by atoms with Crippen molar-refractivity contribution >= 4 is 6.08 Å². The Morgan fingerprint density at radius 2 is 1.54 bits per heavy atom. The van der Waals surface area contributed by atoms with Crippen LogP contribution >= 0.6 is 0 Å². The minimum atomic E-state index is -1.63. The fourth-order valence-corrected chi connectivity index (χ4v) is 3.99. The Hall–Kier alpha value is -1.18. The molecule has 0 spiro atoms. The summed E-state index contributed by atoms with van der Waals surface area (Å²) in [6, 6.07) is 7.70. The quantitative estimate of drug-likeness (QED) is 0.402. The van der Waals surface area contributed by atoms with E-state index in [-0.39, 0.29) is 0 Å². The Bertz CT molecular complexity index is 477. The predicted octanol–water partition coefficient (Wildman–Crippen LogP) is 7.95. The SMILES string of the molecule is CCCCCCCCC1CCC(c2ccc(C=C(F)F)cc2)CC1. The maximum absolute atomic E-state index is 12.3. The second kappa shape index (κ2) is 10.6. The van der Waals surface area contributed by atoms with Gasteiger partial charge in [-0.15, -0.1) is 0 Å². The first kappa shape index (κ1) is 19.1. The third kappa shape index (κ3) is 6.75. The van der Waals surface area contributed by atoms with Crippen LogP contribution in [0.4, 0.5) is 8.78 Å². The number of benzene rings is 1. The van der Waals surface area contributed by atoms with Crippen LogP contribution in [0.25, 0.3) is 6.08 Å². The van der Waals surface area contributed by atoms with Crippen molar-refractivity contribution < 1.29 is 8.78 Å². The zero-order chi connectivity index (χ0) is 17.2. The van der Waals surface area contributed by atoms with E-state index < -0.39 is 6.08 Å². The molecule has 2 heteroatoms. The fraction of sp³-hybridized carbons (Fsp3) is 0.636. The second-order valence-electron chi connectivity index (χ2n) is 7.37. The summed E-state index contributed by atoms with van der Waals surface area (Å²) in [7, 11) is 0. The topological polar surface area (TPSA) is 0 Å². The minimum Gasteiger partial charge on any atom is -0.173 e. The van der Waals surface area contributed by atoms with E-state index >= 15 is 0 Å². The van der Waals surface area contributed by atoms with E-state index in [0.29, 0.717) is 11.5 Å². The first-order chi connectivity index (χ1) is 11.7. The van der Waals surface area contributed by atoms with Crippen molar-refractivity contribution in [3.8, 4) is 0 Å². The van der Waals surface area contributed by atoms with E-state index in [1.165, 1.54) is 76.2 Å². The van der Waals surface area contributed by atoms with Gasteiger partial charge in [0.2, 0.25) is 0 Å². The standard InChI is InChI=1S/C22H32F2/c1-2-3-4-5-6-7-8-18-9-13-20(14-10-18)21-15-11-19(12-16-21)17-22(23)24/h11-12,15-18,20H,2-10,13-14H2,1H3. The highest BCUT2D eigenvalue weighted by Crippen LogP contribution is 2.37. The van der Waals surface area contributed by atoms with Crippen molar-refractivity contribution in [2.45, 2.75) is 83.5 Å². The smallest absolute Gasteiger partial charge is 0.173 e. The van der Waals surface area contributed by atoms with Gasteiger partial charge in [0.15, 0.2) is 0 Å². The van der Waals surface area contributed by atoms with Gasteiger partial charge in [-0.1, -0.05) is 76.1 Å². The van der Waals surface area contributed by atoms with Gasteiger partial charge in [-0.3, -0.25) is 0 Å². The van der Waals surface area contributed by atoms with Crippen LogP contribution in [0.15, 0.2) is 30.3 Å². The summed E-state index contributed by atoms with van der Waals surface area (Å²) in [5.74, 6) is 1.54. The average Bonchev–Trinajstić information content (AvgIpc) is 2.59. The second-order valence-corrected chi connectivity index (χ2v) is 7.37. The van der Waals surface area contributed by atoms with E-state index in [2.05, 4.69) is 6.92 Å². The molecule has 0 aromatic heterocycles. The molecule has 1 saturated carbocycles. The molecule has 2 rings (SSSR count). The first-order valence-electron chi connectivity index (χ1n) is 9.81. The molecule has 24 heavy (non-hydrogen) atoms. The van der Waals surface area contributed by atoms with Crippen molar-refractivity contribution in [2.24, 2.45) is 5.92 Å². The number of rotatable bonds is 9. The van der Waals surface area contributed by atoms with Crippen LogP contribution in [0.2, 0.25) is 0 Å². The van der Waals surface area contributed by atoms with Crippen molar-refractivity contribution in [1.29, 1.82) is 0 Å². The molecular weight excluding hydrogens is 302 g/mol. The summed E-state index contributed by atoms with van der Waals surface area (Å²) >= 11 is 0. The minimum absolute atomic E-state index is 0.593. The van der Waals surface area contributed by atoms with Gasteiger partial charge in [-0.25, -0.2) is 0 Å². The number of unbranched alkanes of at least 4 members (excludes halogenated alkanes) is 5. The third-order valence-corrected chi connectivity index (χ3v) is 5.50. The summed E-state index contributed by atoms with van der Waals surface area (Å²) < 4.78 is 24.5. The van der Waals surface area contributed by atoms with Gasteiger partial charge in [-0.05, 0) is 48.6 Å². The molecule has 1 aliphatic rings. The predicted molar refractivity (Wildman–Crippen MR) is 99.3 cm³/mol. The normalized spacial score (nSPS) is 20.8. The van der Waals surface area contributed by atoms with Gasteiger partial charge in [0.1, 0.15) is 0 Å². The molecule has 0 nitrogen and oxygen atoms in total. The summed E-state index contributed by atoms with van der Waals surface area (Å²) in [5.41, 5.74) is 1.92. The lowest BCUT2D eigenvalue weighted by Gasteiger charge is -2.29. The van der Waals surface area contributed by atoms with Crippen LogP contribution in [0, 0.1) is 5.92 Å². The van der Waals surface area contributed by atoms with Crippen LogP contribution in [-0.2, 0) is 0 Å². The zero-order valence-electron chi connectivity index (χ0n) is 15.1. The van der Waals surface area contributed by atoms with Crippen LogP contribution in [0.1, 0.15) is 94.6 Å². The Labute approximate surface area is 146 Å². The van der Waals surface area contributed by atoms with Gasteiger partial charge in [0.05, 0.1) is 0 Å².